The smallest absolute Gasteiger partial charge is 0.151 e. The molecule has 160 valence electrons. The molecule has 0 bridgehead atoms. The molecule has 4 heterocycles. The number of anilines is 2. The number of benzene rings is 1. The van der Waals surface area contributed by atoms with Crippen LogP contribution in [0.5, 0.6) is 0 Å². The van der Waals surface area contributed by atoms with E-state index in [-0.39, 0.29) is 0 Å². The maximum atomic E-state index is 6.38. The number of nitrogens with zero attached hydrogens (tertiary/aromatic N) is 6. The molecular formula is C24H27ClN6. The van der Waals surface area contributed by atoms with E-state index in [1.54, 1.807) is 4.68 Å². The van der Waals surface area contributed by atoms with E-state index in [9.17, 15) is 0 Å². The van der Waals surface area contributed by atoms with Crippen molar-refractivity contribution in [2.24, 2.45) is 13.0 Å². The molecule has 7 heteroatoms. The lowest BCUT2D eigenvalue weighted by atomic mass is 9.97. The molecule has 1 aromatic carbocycles. The minimum atomic E-state index is 0.569. The van der Waals surface area contributed by atoms with Crippen LogP contribution in [0.25, 0.3) is 11.3 Å². The van der Waals surface area contributed by atoms with Gasteiger partial charge in [-0.15, -0.1) is 10.2 Å². The summed E-state index contributed by atoms with van der Waals surface area (Å²) in [6.07, 6.45) is 8.82. The van der Waals surface area contributed by atoms with Gasteiger partial charge in [0.1, 0.15) is 0 Å². The first kappa shape index (κ1) is 19.1. The summed E-state index contributed by atoms with van der Waals surface area (Å²) in [7, 11) is 1.91. The van der Waals surface area contributed by atoms with E-state index >= 15 is 0 Å². The van der Waals surface area contributed by atoms with Gasteiger partial charge in [0.25, 0.3) is 0 Å². The van der Waals surface area contributed by atoms with Crippen molar-refractivity contribution in [3.05, 3.63) is 53.3 Å². The Morgan fingerprint density at radius 3 is 2.52 bits per heavy atom. The van der Waals surface area contributed by atoms with Crippen LogP contribution in [0.1, 0.15) is 37.2 Å². The summed E-state index contributed by atoms with van der Waals surface area (Å²) in [4.78, 5) is 5.02. The molecule has 1 atom stereocenters. The zero-order chi connectivity index (χ0) is 20.9. The molecule has 6 rings (SSSR count). The summed E-state index contributed by atoms with van der Waals surface area (Å²) >= 11 is 6.38. The van der Waals surface area contributed by atoms with Gasteiger partial charge in [-0.05, 0) is 61.4 Å². The fraction of sp³-hybridized carbons (Fsp3) is 0.458. The van der Waals surface area contributed by atoms with Gasteiger partial charge in [-0.25, -0.2) is 0 Å². The standard InChI is InChI=1S/C24H27ClN6/c1-29-14-17(13-26-29)22-6-7-24(28-27-22)30-10-8-19(9-11-30)31-15-21(16-2-3-16)20-5-4-18(25)12-23(20)31/h4-7,12-14,16,19,21H,2-3,8-11,15H2,1H3. The highest BCUT2D eigenvalue weighted by molar-refractivity contribution is 6.30. The van der Waals surface area contributed by atoms with Crippen LogP contribution in [-0.2, 0) is 7.05 Å². The molecule has 0 radical (unpaired) electrons. The van der Waals surface area contributed by atoms with Gasteiger partial charge in [0.15, 0.2) is 5.82 Å². The Balaban J connectivity index is 1.14. The van der Waals surface area contributed by atoms with Crippen molar-refractivity contribution in [1.29, 1.82) is 0 Å². The molecule has 6 nitrogen and oxygen atoms in total. The molecule has 1 saturated heterocycles. The Kier molecular flexibility index (Phi) is 4.64. The summed E-state index contributed by atoms with van der Waals surface area (Å²) in [5.41, 5.74) is 4.76. The molecule has 1 unspecified atom stereocenters. The van der Waals surface area contributed by atoms with Crippen molar-refractivity contribution >= 4 is 23.1 Å². The van der Waals surface area contributed by atoms with E-state index in [4.69, 9.17) is 11.6 Å². The largest absolute Gasteiger partial charge is 0.368 e. The lowest BCUT2D eigenvalue weighted by Gasteiger charge is -2.38. The summed E-state index contributed by atoms with van der Waals surface area (Å²) in [5, 5.41) is 14.0. The van der Waals surface area contributed by atoms with Crippen LogP contribution in [0, 0.1) is 5.92 Å². The highest BCUT2D eigenvalue weighted by Gasteiger charge is 2.41. The highest BCUT2D eigenvalue weighted by atomic mass is 35.5. The second-order valence-electron chi connectivity index (χ2n) is 9.20. The van der Waals surface area contributed by atoms with Crippen LogP contribution < -0.4 is 9.80 Å². The SMILES string of the molecule is Cn1cc(-c2ccc(N3CCC(N4CC(C5CC5)c5ccc(Cl)cc54)CC3)nn2)cn1. The van der Waals surface area contributed by atoms with Crippen molar-refractivity contribution in [1.82, 2.24) is 20.0 Å². The number of halogens is 1. The quantitative estimate of drug-likeness (QED) is 0.604. The van der Waals surface area contributed by atoms with Gasteiger partial charge < -0.3 is 9.80 Å². The summed E-state index contributed by atoms with van der Waals surface area (Å²) < 4.78 is 1.78. The van der Waals surface area contributed by atoms with E-state index in [1.165, 1.54) is 24.1 Å². The zero-order valence-corrected chi connectivity index (χ0v) is 18.5. The molecule has 0 amide bonds. The maximum Gasteiger partial charge on any atom is 0.151 e. The van der Waals surface area contributed by atoms with E-state index in [0.717, 1.165) is 60.5 Å². The first-order chi connectivity index (χ1) is 15.2. The summed E-state index contributed by atoms with van der Waals surface area (Å²) in [6, 6.07) is 11.2. The van der Waals surface area contributed by atoms with Gasteiger partial charge in [-0.3, -0.25) is 4.68 Å². The van der Waals surface area contributed by atoms with Crippen LogP contribution in [0.15, 0.2) is 42.7 Å². The topological polar surface area (TPSA) is 50.1 Å². The van der Waals surface area contributed by atoms with E-state index < -0.39 is 0 Å². The number of hydrogen-bond donors (Lipinski definition) is 0. The van der Waals surface area contributed by atoms with Crippen molar-refractivity contribution in [3.8, 4) is 11.3 Å². The van der Waals surface area contributed by atoms with Crippen LogP contribution in [-0.4, -0.2) is 45.7 Å². The Morgan fingerprint density at radius 1 is 1.00 bits per heavy atom. The minimum Gasteiger partial charge on any atom is -0.368 e. The fourth-order valence-corrected chi connectivity index (χ4v) is 5.51. The maximum absolute atomic E-state index is 6.38. The van der Waals surface area contributed by atoms with Crippen molar-refractivity contribution in [3.63, 3.8) is 0 Å². The number of aryl methyl sites for hydroxylation is 1. The lowest BCUT2D eigenvalue weighted by molar-refractivity contribution is 0.456. The molecule has 2 aliphatic heterocycles. The average Bonchev–Trinajstić information content (AvgIpc) is 3.44. The molecule has 3 aromatic rings. The number of piperidine rings is 1. The number of aromatic nitrogens is 4. The Hall–Kier alpha value is -2.60. The summed E-state index contributed by atoms with van der Waals surface area (Å²) in [6.45, 7) is 3.17. The van der Waals surface area contributed by atoms with Gasteiger partial charge >= 0.3 is 0 Å². The third-order valence-electron chi connectivity index (χ3n) is 7.17. The van der Waals surface area contributed by atoms with Crippen molar-refractivity contribution < 1.29 is 0 Å². The van der Waals surface area contributed by atoms with E-state index in [0.29, 0.717) is 12.0 Å². The molecule has 1 aliphatic carbocycles. The third kappa shape index (κ3) is 3.57. The second-order valence-corrected chi connectivity index (χ2v) is 9.63. The molecule has 0 spiro atoms. The molecule has 3 aliphatic rings. The van der Waals surface area contributed by atoms with Gasteiger partial charge in [0.05, 0.1) is 11.9 Å². The van der Waals surface area contributed by atoms with Gasteiger partial charge in [0.2, 0.25) is 0 Å². The van der Waals surface area contributed by atoms with Gasteiger partial charge in [0, 0.05) is 61.1 Å². The predicted octanol–water partition coefficient (Wildman–Crippen LogP) is 4.51. The molecule has 1 saturated carbocycles. The van der Waals surface area contributed by atoms with Crippen LogP contribution >= 0.6 is 11.6 Å². The molecule has 0 N–H and O–H groups in total. The Labute approximate surface area is 187 Å². The third-order valence-corrected chi connectivity index (χ3v) is 7.40. The zero-order valence-electron chi connectivity index (χ0n) is 17.8. The van der Waals surface area contributed by atoms with E-state index in [1.807, 2.05) is 25.5 Å². The predicted molar refractivity (Wildman–Crippen MR) is 124 cm³/mol. The first-order valence-corrected chi connectivity index (χ1v) is 11.7. The Morgan fingerprint density at radius 2 is 1.84 bits per heavy atom. The van der Waals surface area contributed by atoms with Gasteiger partial charge in [-0.2, -0.15) is 5.10 Å². The number of hydrogen-bond acceptors (Lipinski definition) is 5. The number of fused-ring (bicyclic) bond motifs is 1. The second kappa shape index (κ2) is 7.52. The average molecular weight is 435 g/mol. The normalized spacial score (nSPS) is 21.5. The van der Waals surface area contributed by atoms with Crippen molar-refractivity contribution in [2.75, 3.05) is 29.4 Å². The minimum absolute atomic E-state index is 0.569. The number of rotatable bonds is 4. The fourth-order valence-electron chi connectivity index (χ4n) is 5.34. The monoisotopic (exact) mass is 434 g/mol. The molecule has 2 aromatic heterocycles. The first-order valence-electron chi connectivity index (χ1n) is 11.3. The van der Waals surface area contributed by atoms with Crippen LogP contribution in [0.4, 0.5) is 11.5 Å². The Bertz CT molecular complexity index is 1080. The lowest BCUT2D eigenvalue weighted by Crippen LogP contribution is -2.45. The van der Waals surface area contributed by atoms with Crippen molar-refractivity contribution in [2.45, 2.75) is 37.6 Å². The molecular weight excluding hydrogens is 408 g/mol. The molecule has 2 fully saturated rings. The van der Waals surface area contributed by atoms with E-state index in [2.05, 4.69) is 49.4 Å². The van der Waals surface area contributed by atoms with Crippen LogP contribution in [0.3, 0.4) is 0 Å². The van der Waals surface area contributed by atoms with Crippen LogP contribution in [0.2, 0.25) is 5.02 Å². The summed E-state index contributed by atoms with van der Waals surface area (Å²) in [5.74, 6) is 2.53. The van der Waals surface area contributed by atoms with Gasteiger partial charge in [-0.1, -0.05) is 17.7 Å². The highest BCUT2D eigenvalue weighted by Crippen LogP contribution is 2.51. The molecule has 31 heavy (non-hydrogen) atoms.